The van der Waals surface area contributed by atoms with E-state index in [1.807, 2.05) is 12.1 Å². The molecule has 2 aromatic carbocycles. The van der Waals surface area contributed by atoms with Gasteiger partial charge in [0.1, 0.15) is 0 Å². The zero-order chi connectivity index (χ0) is 13.8. The van der Waals surface area contributed by atoms with Crippen molar-refractivity contribution in [3.05, 3.63) is 48.0 Å². The van der Waals surface area contributed by atoms with E-state index in [1.165, 1.54) is 10.8 Å². The lowest BCUT2D eigenvalue weighted by atomic mass is 9.99. The second kappa shape index (κ2) is 5.93. The highest BCUT2D eigenvalue weighted by molar-refractivity contribution is 7.80. The highest BCUT2D eigenvalue weighted by Gasteiger charge is 2.13. The Balaban J connectivity index is 2.09. The van der Waals surface area contributed by atoms with Crippen LogP contribution in [0.1, 0.15) is 18.9 Å². The average molecular weight is 272 g/mol. The fourth-order valence-electron chi connectivity index (χ4n) is 2.08. The third-order valence-electron chi connectivity index (χ3n) is 3.17. The number of hydrogen-bond donors (Lipinski definition) is 1. The second-order valence-corrected chi connectivity index (χ2v) is 5.42. The largest absolute Gasteiger partial charge is 0.481 e. The molecule has 0 aliphatic carbocycles. The van der Waals surface area contributed by atoms with Gasteiger partial charge in [-0.05, 0) is 27.6 Å². The molecule has 0 fully saturated rings. The lowest BCUT2D eigenvalue weighted by Crippen LogP contribution is -2.14. The Morgan fingerprint density at radius 2 is 1.89 bits per heavy atom. The summed E-state index contributed by atoms with van der Waals surface area (Å²) >= 11 is 5.29. The average Bonchev–Trinajstić information content (AvgIpc) is 2.38. The van der Waals surface area contributed by atoms with Gasteiger partial charge >= 0.3 is 5.97 Å². The van der Waals surface area contributed by atoms with Crippen molar-refractivity contribution in [1.82, 2.24) is 0 Å². The molecule has 0 aliphatic heterocycles. The first kappa shape index (κ1) is 13.7. The van der Waals surface area contributed by atoms with Crippen LogP contribution in [0.3, 0.4) is 0 Å². The Kier molecular flexibility index (Phi) is 4.27. The summed E-state index contributed by atoms with van der Waals surface area (Å²) < 4.78 is 0. The topological polar surface area (TPSA) is 37.3 Å². The molecule has 98 valence electrons. The van der Waals surface area contributed by atoms with E-state index in [1.54, 1.807) is 6.92 Å². The molecular formula is C16H16O2S. The van der Waals surface area contributed by atoms with E-state index < -0.39 is 11.9 Å². The number of hydrogen-bond acceptors (Lipinski definition) is 2. The standard InChI is InChI=1S/C16H16O2S/c1-11(16(17)18)8-15(19)10-12-6-7-13-4-2-3-5-14(13)9-12/h2-7,9,11H,8,10H2,1H3,(H,17,18). The van der Waals surface area contributed by atoms with Crippen molar-refractivity contribution in [3.8, 4) is 0 Å². The third kappa shape index (κ3) is 3.61. The first-order valence-electron chi connectivity index (χ1n) is 6.28. The van der Waals surface area contributed by atoms with Crippen molar-refractivity contribution in [1.29, 1.82) is 0 Å². The molecule has 2 rings (SSSR count). The maximum atomic E-state index is 10.8. The van der Waals surface area contributed by atoms with E-state index >= 15 is 0 Å². The van der Waals surface area contributed by atoms with Crippen molar-refractivity contribution < 1.29 is 9.90 Å². The molecule has 0 amide bonds. The minimum Gasteiger partial charge on any atom is -0.481 e. The van der Waals surface area contributed by atoms with Gasteiger partial charge in [0, 0.05) is 6.42 Å². The Labute approximate surface area is 118 Å². The SMILES string of the molecule is CC(CC(=S)Cc1ccc2ccccc2c1)C(=O)O. The molecule has 0 radical (unpaired) electrons. The molecule has 0 saturated heterocycles. The van der Waals surface area contributed by atoms with Gasteiger partial charge in [0.05, 0.1) is 5.92 Å². The van der Waals surface area contributed by atoms with Gasteiger partial charge in [-0.25, -0.2) is 0 Å². The molecule has 1 atom stereocenters. The summed E-state index contributed by atoms with van der Waals surface area (Å²) in [6.07, 6.45) is 1.12. The number of aliphatic carboxylic acids is 1. The molecule has 2 nitrogen and oxygen atoms in total. The van der Waals surface area contributed by atoms with Crippen LogP contribution in [0.15, 0.2) is 42.5 Å². The van der Waals surface area contributed by atoms with Gasteiger partial charge in [-0.2, -0.15) is 0 Å². The molecule has 0 aliphatic rings. The van der Waals surface area contributed by atoms with Crippen LogP contribution in [-0.4, -0.2) is 15.9 Å². The third-order valence-corrected chi connectivity index (χ3v) is 3.48. The Bertz CT molecular complexity index is 619. The number of carbonyl (C=O) groups is 1. The summed E-state index contributed by atoms with van der Waals surface area (Å²) in [5, 5.41) is 11.3. The Morgan fingerprint density at radius 3 is 2.58 bits per heavy atom. The number of fused-ring (bicyclic) bond motifs is 1. The Morgan fingerprint density at radius 1 is 1.21 bits per heavy atom. The van der Waals surface area contributed by atoms with Crippen LogP contribution < -0.4 is 0 Å². The molecule has 19 heavy (non-hydrogen) atoms. The molecule has 0 bridgehead atoms. The van der Waals surface area contributed by atoms with Crippen LogP contribution in [0.4, 0.5) is 0 Å². The van der Waals surface area contributed by atoms with Crippen molar-refractivity contribution in [3.63, 3.8) is 0 Å². The van der Waals surface area contributed by atoms with Gasteiger partial charge in [0.15, 0.2) is 0 Å². The van der Waals surface area contributed by atoms with Crippen molar-refractivity contribution in [2.75, 3.05) is 0 Å². The highest BCUT2D eigenvalue weighted by atomic mass is 32.1. The summed E-state index contributed by atoms with van der Waals surface area (Å²) in [7, 11) is 0. The first-order chi connectivity index (χ1) is 9.06. The predicted molar refractivity (Wildman–Crippen MR) is 81.7 cm³/mol. The Hall–Kier alpha value is -1.74. The highest BCUT2D eigenvalue weighted by Crippen LogP contribution is 2.17. The minimum absolute atomic E-state index is 0.409. The molecule has 0 spiro atoms. The van der Waals surface area contributed by atoms with Crippen LogP contribution >= 0.6 is 12.2 Å². The zero-order valence-electron chi connectivity index (χ0n) is 10.8. The summed E-state index contributed by atoms with van der Waals surface area (Å²) in [6, 6.07) is 14.4. The van der Waals surface area contributed by atoms with E-state index in [0.717, 1.165) is 10.4 Å². The van der Waals surface area contributed by atoms with Crippen LogP contribution in [0, 0.1) is 5.92 Å². The molecule has 2 aromatic rings. The maximum absolute atomic E-state index is 10.8. The fourth-order valence-corrected chi connectivity index (χ4v) is 2.49. The number of carboxylic acid groups (broad SMARTS) is 1. The summed E-state index contributed by atoms with van der Waals surface area (Å²) in [4.78, 5) is 11.6. The van der Waals surface area contributed by atoms with Crippen LogP contribution in [0.5, 0.6) is 0 Å². The van der Waals surface area contributed by atoms with Gasteiger partial charge in [-0.15, -0.1) is 0 Å². The maximum Gasteiger partial charge on any atom is 0.306 e. The van der Waals surface area contributed by atoms with Crippen LogP contribution in [0.2, 0.25) is 0 Å². The number of rotatable bonds is 5. The summed E-state index contributed by atoms with van der Waals surface area (Å²) in [6.45, 7) is 1.69. The molecule has 3 heteroatoms. The normalized spacial score (nSPS) is 12.3. The van der Waals surface area contributed by atoms with Gasteiger partial charge in [0.2, 0.25) is 0 Å². The lowest BCUT2D eigenvalue weighted by Gasteiger charge is -2.08. The quantitative estimate of drug-likeness (QED) is 0.840. The van der Waals surface area contributed by atoms with E-state index in [4.69, 9.17) is 17.3 Å². The van der Waals surface area contributed by atoms with Crippen LogP contribution in [0.25, 0.3) is 10.8 Å². The van der Waals surface area contributed by atoms with Crippen LogP contribution in [-0.2, 0) is 11.2 Å². The summed E-state index contributed by atoms with van der Waals surface area (Å²) in [5.74, 6) is -1.20. The van der Waals surface area contributed by atoms with E-state index in [-0.39, 0.29) is 0 Å². The first-order valence-corrected chi connectivity index (χ1v) is 6.69. The van der Waals surface area contributed by atoms with E-state index in [9.17, 15) is 4.79 Å². The fraction of sp³-hybridized carbons (Fsp3) is 0.250. The molecule has 0 heterocycles. The zero-order valence-corrected chi connectivity index (χ0v) is 11.6. The van der Waals surface area contributed by atoms with Crippen molar-refractivity contribution in [2.45, 2.75) is 19.8 Å². The van der Waals surface area contributed by atoms with Crippen molar-refractivity contribution in [2.24, 2.45) is 5.92 Å². The van der Waals surface area contributed by atoms with E-state index in [2.05, 4.69) is 30.3 Å². The van der Waals surface area contributed by atoms with E-state index in [0.29, 0.717) is 12.8 Å². The van der Waals surface area contributed by atoms with Gasteiger partial charge < -0.3 is 5.11 Å². The number of benzene rings is 2. The van der Waals surface area contributed by atoms with Gasteiger partial charge in [-0.3, -0.25) is 4.79 Å². The second-order valence-electron chi connectivity index (χ2n) is 4.84. The summed E-state index contributed by atoms with van der Waals surface area (Å²) in [5.41, 5.74) is 1.14. The van der Waals surface area contributed by atoms with Crippen molar-refractivity contribution >= 4 is 33.8 Å². The van der Waals surface area contributed by atoms with Gasteiger partial charge in [-0.1, -0.05) is 61.6 Å². The smallest absolute Gasteiger partial charge is 0.306 e. The molecule has 1 N–H and O–H groups in total. The predicted octanol–water partition coefficient (Wildman–Crippen LogP) is 3.86. The minimum atomic E-state index is -0.791. The monoisotopic (exact) mass is 272 g/mol. The molecular weight excluding hydrogens is 256 g/mol. The number of thiocarbonyl (C=S) groups is 1. The lowest BCUT2D eigenvalue weighted by molar-refractivity contribution is -0.140. The number of carboxylic acids is 1. The molecule has 1 unspecified atom stereocenters. The molecule has 0 saturated carbocycles. The molecule has 0 aromatic heterocycles. The van der Waals surface area contributed by atoms with Gasteiger partial charge in [0.25, 0.3) is 0 Å².